The molecular formula is C17H17ClN4O2S2. The Morgan fingerprint density at radius 3 is 3.00 bits per heavy atom. The Morgan fingerprint density at radius 1 is 1.38 bits per heavy atom. The quantitative estimate of drug-likeness (QED) is 0.545. The summed E-state index contributed by atoms with van der Waals surface area (Å²) in [7, 11) is 0. The maximum Gasteiger partial charge on any atom is 0.237 e. The number of aromatic nitrogens is 2. The van der Waals surface area contributed by atoms with Gasteiger partial charge in [-0.15, -0.1) is 10.2 Å². The fourth-order valence-corrected chi connectivity index (χ4v) is 4.14. The summed E-state index contributed by atoms with van der Waals surface area (Å²) in [6, 6.07) is 9.13. The highest BCUT2D eigenvalue weighted by Gasteiger charge is 2.18. The van der Waals surface area contributed by atoms with Crippen LogP contribution >= 0.6 is 34.7 Å². The smallest absolute Gasteiger partial charge is 0.237 e. The van der Waals surface area contributed by atoms with Gasteiger partial charge < -0.3 is 15.1 Å². The van der Waals surface area contributed by atoms with Crippen LogP contribution in [0.4, 0.5) is 10.8 Å². The average molecular weight is 409 g/mol. The minimum absolute atomic E-state index is 0.110. The van der Waals surface area contributed by atoms with Crippen molar-refractivity contribution in [3.05, 3.63) is 52.9 Å². The van der Waals surface area contributed by atoms with Crippen molar-refractivity contribution in [1.82, 2.24) is 10.2 Å². The molecule has 1 aromatic carbocycles. The lowest BCUT2D eigenvalue weighted by molar-refractivity contribution is -0.115. The van der Waals surface area contributed by atoms with Gasteiger partial charge in [0.05, 0.1) is 18.1 Å². The van der Waals surface area contributed by atoms with E-state index in [1.54, 1.807) is 18.4 Å². The summed E-state index contributed by atoms with van der Waals surface area (Å²) in [5.41, 5.74) is 1.67. The van der Waals surface area contributed by atoms with Gasteiger partial charge in [-0.1, -0.05) is 40.8 Å². The molecule has 0 aliphatic heterocycles. The standard InChI is InChI=1S/C17H17ClN4O2S2/c1-10-5-6-12(18)8-14(10)20-15(23)11(2)25-17-22-21-16(26-17)19-9-13-4-3-7-24-13/h3-8,11H,9H2,1-2H3,(H,19,21)(H,20,23)/t11-/m0/s1. The number of furan rings is 1. The molecule has 0 fully saturated rings. The molecule has 0 saturated heterocycles. The number of rotatable bonds is 7. The van der Waals surface area contributed by atoms with E-state index in [0.717, 1.165) is 15.7 Å². The van der Waals surface area contributed by atoms with Crippen molar-refractivity contribution >= 4 is 51.4 Å². The molecular weight excluding hydrogens is 392 g/mol. The second kappa shape index (κ2) is 8.57. The first-order valence-corrected chi connectivity index (χ1v) is 9.92. The third kappa shape index (κ3) is 5.00. The highest BCUT2D eigenvalue weighted by atomic mass is 35.5. The number of anilines is 2. The first kappa shape index (κ1) is 18.8. The van der Waals surface area contributed by atoms with Crippen LogP contribution in [0.3, 0.4) is 0 Å². The normalized spacial score (nSPS) is 12.0. The molecule has 136 valence electrons. The minimum Gasteiger partial charge on any atom is -0.467 e. The molecule has 0 aliphatic carbocycles. The zero-order chi connectivity index (χ0) is 18.5. The summed E-state index contributed by atoms with van der Waals surface area (Å²) in [6.07, 6.45) is 1.63. The molecule has 3 rings (SSSR count). The summed E-state index contributed by atoms with van der Waals surface area (Å²) < 4.78 is 5.98. The highest BCUT2D eigenvalue weighted by Crippen LogP contribution is 2.30. The van der Waals surface area contributed by atoms with Crippen LogP contribution in [0, 0.1) is 6.92 Å². The Labute approximate surface area is 164 Å². The zero-order valence-electron chi connectivity index (χ0n) is 14.2. The molecule has 26 heavy (non-hydrogen) atoms. The number of halogens is 1. The van der Waals surface area contributed by atoms with Gasteiger partial charge in [-0.2, -0.15) is 0 Å². The molecule has 1 amide bonds. The Bertz CT molecular complexity index is 883. The fourth-order valence-electron chi connectivity index (χ4n) is 2.07. The van der Waals surface area contributed by atoms with Crippen LogP contribution in [0.1, 0.15) is 18.2 Å². The predicted octanol–water partition coefficient (Wildman–Crippen LogP) is 4.82. The molecule has 2 heterocycles. The van der Waals surface area contributed by atoms with Gasteiger partial charge in [0, 0.05) is 10.7 Å². The Morgan fingerprint density at radius 2 is 2.23 bits per heavy atom. The van der Waals surface area contributed by atoms with Crippen molar-refractivity contribution in [2.75, 3.05) is 10.6 Å². The SMILES string of the molecule is Cc1ccc(Cl)cc1NC(=O)[C@H](C)Sc1nnc(NCc2ccco2)s1. The number of nitrogens with one attached hydrogen (secondary N) is 2. The zero-order valence-corrected chi connectivity index (χ0v) is 16.5. The lowest BCUT2D eigenvalue weighted by Crippen LogP contribution is -2.22. The van der Waals surface area contributed by atoms with E-state index in [9.17, 15) is 4.79 Å². The predicted molar refractivity (Wildman–Crippen MR) is 106 cm³/mol. The molecule has 0 spiro atoms. The van der Waals surface area contributed by atoms with E-state index >= 15 is 0 Å². The topological polar surface area (TPSA) is 80.0 Å². The van der Waals surface area contributed by atoms with Crippen LogP contribution < -0.4 is 10.6 Å². The van der Waals surface area contributed by atoms with E-state index in [2.05, 4.69) is 20.8 Å². The van der Waals surface area contributed by atoms with Gasteiger partial charge in [0.25, 0.3) is 0 Å². The van der Waals surface area contributed by atoms with Gasteiger partial charge in [-0.25, -0.2) is 0 Å². The van der Waals surface area contributed by atoms with Crippen molar-refractivity contribution in [3.63, 3.8) is 0 Å². The van der Waals surface area contributed by atoms with Gasteiger partial charge in [-0.3, -0.25) is 4.79 Å². The van der Waals surface area contributed by atoms with Crippen molar-refractivity contribution < 1.29 is 9.21 Å². The van der Waals surface area contributed by atoms with E-state index in [1.807, 2.05) is 32.0 Å². The third-order valence-electron chi connectivity index (χ3n) is 3.50. The maximum atomic E-state index is 12.4. The van der Waals surface area contributed by atoms with Gasteiger partial charge in [0.1, 0.15) is 5.76 Å². The number of aryl methyl sites for hydroxylation is 1. The first-order valence-electron chi connectivity index (χ1n) is 7.84. The highest BCUT2D eigenvalue weighted by molar-refractivity contribution is 8.02. The molecule has 0 bridgehead atoms. The molecule has 0 saturated carbocycles. The third-order valence-corrected chi connectivity index (χ3v) is 5.81. The average Bonchev–Trinajstić information content (AvgIpc) is 3.28. The van der Waals surface area contributed by atoms with Crippen LogP contribution in [0.2, 0.25) is 5.02 Å². The van der Waals surface area contributed by atoms with E-state index in [4.69, 9.17) is 16.0 Å². The van der Waals surface area contributed by atoms with E-state index in [1.165, 1.54) is 23.1 Å². The molecule has 1 atom stereocenters. The van der Waals surface area contributed by atoms with Crippen molar-refractivity contribution in [3.8, 4) is 0 Å². The Balaban J connectivity index is 1.54. The molecule has 2 aromatic heterocycles. The number of nitrogens with zero attached hydrogens (tertiary/aromatic N) is 2. The van der Waals surface area contributed by atoms with E-state index < -0.39 is 0 Å². The number of carbonyl (C=O) groups is 1. The molecule has 9 heteroatoms. The number of thioether (sulfide) groups is 1. The van der Waals surface area contributed by atoms with Crippen LogP contribution in [0.15, 0.2) is 45.4 Å². The summed E-state index contributed by atoms with van der Waals surface area (Å²) in [5.74, 6) is 0.708. The maximum absolute atomic E-state index is 12.4. The summed E-state index contributed by atoms with van der Waals surface area (Å²) >= 11 is 8.75. The first-order chi connectivity index (χ1) is 12.5. The number of benzene rings is 1. The number of amides is 1. The van der Waals surface area contributed by atoms with Crippen LogP contribution in [0.25, 0.3) is 0 Å². The fraction of sp³-hybridized carbons (Fsp3) is 0.235. The minimum atomic E-state index is -0.320. The lowest BCUT2D eigenvalue weighted by atomic mass is 10.2. The number of hydrogen-bond acceptors (Lipinski definition) is 7. The van der Waals surface area contributed by atoms with Crippen LogP contribution in [0.5, 0.6) is 0 Å². The molecule has 3 aromatic rings. The summed E-state index contributed by atoms with van der Waals surface area (Å²) in [6.45, 7) is 4.29. The van der Waals surface area contributed by atoms with E-state index in [-0.39, 0.29) is 11.2 Å². The molecule has 0 aliphatic rings. The van der Waals surface area contributed by atoms with Gasteiger partial charge in [0.15, 0.2) is 4.34 Å². The van der Waals surface area contributed by atoms with Gasteiger partial charge >= 0.3 is 0 Å². The summed E-state index contributed by atoms with van der Waals surface area (Å²) in [5, 5.41) is 15.2. The number of hydrogen-bond donors (Lipinski definition) is 2. The second-order valence-corrected chi connectivity index (χ2v) is 8.52. The molecule has 0 radical (unpaired) electrons. The van der Waals surface area contributed by atoms with Crippen LogP contribution in [-0.4, -0.2) is 21.4 Å². The number of carbonyl (C=O) groups excluding carboxylic acids is 1. The van der Waals surface area contributed by atoms with Crippen molar-refractivity contribution in [2.45, 2.75) is 30.0 Å². The molecule has 2 N–H and O–H groups in total. The molecule has 0 unspecified atom stereocenters. The summed E-state index contributed by atoms with van der Waals surface area (Å²) in [4.78, 5) is 12.4. The lowest BCUT2D eigenvalue weighted by Gasteiger charge is -2.12. The largest absolute Gasteiger partial charge is 0.467 e. The van der Waals surface area contributed by atoms with Crippen LogP contribution in [-0.2, 0) is 11.3 Å². The second-order valence-electron chi connectivity index (χ2n) is 5.51. The Kier molecular flexibility index (Phi) is 6.18. The van der Waals surface area contributed by atoms with Crippen molar-refractivity contribution in [2.24, 2.45) is 0 Å². The Hall–Kier alpha value is -2.03. The van der Waals surface area contributed by atoms with E-state index in [0.29, 0.717) is 22.4 Å². The monoisotopic (exact) mass is 408 g/mol. The molecule has 6 nitrogen and oxygen atoms in total. The van der Waals surface area contributed by atoms with Gasteiger partial charge in [-0.05, 0) is 43.7 Å². The van der Waals surface area contributed by atoms with Crippen molar-refractivity contribution in [1.29, 1.82) is 0 Å². The van der Waals surface area contributed by atoms with Gasteiger partial charge in [0.2, 0.25) is 11.0 Å².